The molecule has 0 unspecified atom stereocenters. The number of ether oxygens (including phenoxy) is 1. The predicted octanol–water partition coefficient (Wildman–Crippen LogP) is 3.37. The third-order valence-corrected chi connectivity index (χ3v) is 5.31. The number of urea groups is 1. The Morgan fingerprint density at radius 3 is 2.53 bits per heavy atom. The van der Waals surface area contributed by atoms with Crippen molar-refractivity contribution >= 4 is 29.6 Å². The van der Waals surface area contributed by atoms with Crippen LogP contribution in [0.3, 0.4) is 0 Å². The molecule has 2 aromatic carbocycles. The maximum absolute atomic E-state index is 13.1. The minimum Gasteiger partial charge on any atom is -0.378 e. The van der Waals surface area contributed by atoms with Gasteiger partial charge >= 0.3 is 6.03 Å². The summed E-state index contributed by atoms with van der Waals surface area (Å²) < 4.78 is 6.54. The average Bonchev–Trinajstić information content (AvgIpc) is 3.20. The Bertz CT molecular complexity index is 1270. The Hall–Kier alpha value is -3.62. The molecule has 3 aromatic rings. The van der Waals surface area contributed by atoms with Gasteiger partial charge in [0.2, 0.25) is 0 Å². The average molecular weight is 453 g/mol. The summed E-state index contributed by atoms with van der Waals surface area (Å²) in [5.41, 5.74) is 2.78. The number of aromatic amines is 1. The summed E-state index contributed by atoms with van der Waals surface area (Å²) in [5.74, 6) is -0.501. The molecule has 0 atom stereocenters. The second kappa shape index (κ2) is 8.86. The summed E-state index contributed by atoms with van der Waals surface area (Å²) in [6, 6.07) is 13.8. The number of nitrogens with zero attached hydrogens (tertiary/aromatic N) is 2. The van der Waals surface area contributed by atoms with Crippen molar-refractivity contribution in [2.45, 2.75) is 20.1 Å². The molecule has 164 valence electrons. The van der Waals surface area contributed by atoms with Crippen LogP contribution < -0.4 is 10.9 Å². The number of hydrogen-bond donors (Lipinski definition) is 2. The highest BCUT2D eigenvalue weighted by Crippen LogP contribution is 2.19. The van der Waals surface area contributed by atoms with E-state index in [0.29, 0.717) is 16.4 Å². The Morgan fingerprint density at radius 2 is 1.84 bits per heavy atom. The van der Waals surface area contributed by atoms with E-state index in [1.54, 1.807) is 24.3 Å². The SMILES string of the molecule is COCc1[nH]n(-c2ccc(Cl)cc2)c(=O)c1/C=C1\NC(=O)N(Cc2cccc(C)c2)C1=O. The van der Waals surface area contributed by atoms with Gasteiger partial charge in [-0.2, -0.15) is 0 Å². The maximum atomic E-state index is 13.1. The number of hydrogen-bond acceptors (Lipinski definition) is 4. The number of carbonyl (C=O) groups excluding carboxylic acids is 2. The highest BCUT2D eigenvalue weighted by Gasteiger charge is 2.34. The molecule has 9 heteroatoms. The molecule has 1 aliphatic heterocycles. The van der Waals surface area contributed by atoms with Gasteiger partial charge in [0, 0.05) is 12.1 Å². The molecule has 2 heterocycles. The van der Waals surface area contributed by atoms with Gasteiger partial charge in [-0.1, -0.05) is 41.4 Å². The molecule has 0 bridgehead atoms. The van der Waals surface area contributed by atoms with Crippen molar-refractivity contribution in [3.05, 3.63) is 92.0 Å². The second-order valence-corrected chi connectivity index (χ2v) is 7.86. The zero-order valence-electron chi connectivity index (χ0n) is 17.5. The highest BCUT2D eigenvalue weighted by molar-refractivity contribution is 6.30. The first-order chi connectivity index (χ1) is 15.4. The number of imide groups is 1. The number of methoxy groups -OCH3 is 1. The van der Waals surface area contributed by atoms with Crippen molar-refractivity contribution in [3.8, 4) is 5.69 Å². The van der Waals surface area contributed by atoms with Crippen LogP contribution in [-0.4, -0.2) is 33.7 Å². The van der Waals surface area contributed by atoms with Gasteiger partial charge in [-0.25, -0.2) is 9.48 Å². The van der Waals surface area contributed by atoms with Gasteiger partial charge in [-0.15, -0.1) is 0 Å². The van der Waals surface area contributed by atoms with Gasteiger partial charge in [0.05, 0.1) is 30.1 Å². The van der Waals surface area contributed by atoms with Gasteiger partial charge in [-0.05, 0) is 42.8 Å². The minimum atomic E-state index is -0.537. The van der Waals surface area contributed by atoms with Crippen molar-refractivity contribution in [3.63, 3.8) is 0 Å². The lowest BCUT2D eigenvalue weighted by Gasteiger charge is -2.12. The van der Waals surface area contributed by atoms with E-state index in [1.807, 2.05) is 31.2 Å². The number of carbonyl (C=O) groups is 2. The van der Waals surface area contributed by atoms with Crippen LogP contribution in [0.1, 0.15) is 22.4 Å². The zero-order chi connectivity index (χ0) is 22.8. The van der Waals surface area contributed by atoms with Gasteiger partial charge < -0.3 is 10.1 Å². The summed E-state index contributed by atoms with van der Waals surface area (Å²) in [6.45, 7) is 2.19. The minimum absolute atomic E-state index is 0.0272. The highest BCUT2D eigenvalue weighted by atomic mass is 35.5. The number of H-pyrrole nitrogens is 1. The van der Waals surface area contributed by atoms with Crippen LogP contribution in [0.2, 0.25) is 5.02 Å². The smallest absolute Gasteiger partial charge is 0.329 e. The van der Waals surface area contributed by atoms with Gasteiger partial charge in [0.15, 0.2) is 0 Å². The quantitative estimate of drug-likeness (QED) is 0.442. The van der Waals surface area contributed by atoms with E-state index in [1.165, 1.54) is 17.9 Å². The summed E-state index contributed by atoms with van der Waals surface area (Å²) in [5, 5.41) is 6.11. The molecule has 1 fully saturated rings. The van der Waals surface area contributed by atoms with Crippen LogP contribution in [0.25, 0.3) is 11.8 Å². The molecular weight excluding hydrogens is 432 g/mol. The fourth-order valence-corrected chi connectivity index (χ4v) is 3.65. The fraction of sp³-hybridized carbons (Fsp3) is 0.174. The molecule has 1 saturated heterocycles. The lowest BCUT2D eigenvalue weighted by molar-refractivity contribution is -0.123. The lowest BCUT2D eigenvalue weighted by atomic mass is 10.1. The molecule has 8 nitrogen and oxygen atoms in total. The molecule has 4 rings (SSSR count). The molecule has 0 saturated carbocycles. The van der Waals surface area contributed by atoms with Crippen molar-refractivity contribution in [2.24, 2.45) is 0 Å². The Morgan fingerprint density at radius 1 is 1.09 bits per heavy atom. The standard InChI is InChI=1S/C23H21ClN4O4/c1-14-4-3-5-15(10-14)12-27-22(30)19(25-23(27)31)11-18-20(13-32-2)26-28(21(18)29)17-8-6-16(24)7-9-17/h3-11,26H,12-13H2,1-2H3,(H,25,31)/b19-11-. The number of aromatic nitrogens is 2. The molecule has 0 radical (unpaired) electrons. The first-order valence-electron chi connectivity index (χ1n) is 9.86. The number of nitrogens with one attached hydrogen (secondary N) is 2. The number of halogens is 1. The summed E-state index contributed by atoms with van der Waals surface area (Å²) in [6.07, 6.45) is 1.39. The van der Waals surface area contributed by atoms with E-state index in [4.69, 9.17) is 16.3 Å². The Balaban J connectivity index is 1.68. The van der Waals surface area contributed by atoms with Gasteiger partial charge in [0.1, 0.15) is 5.70 Å². The van der Waals surface area contributed by atoms with Gasteiger partial charge in [0.25, 0.3) is 11.5 Å². The number of benzene rings is 2. The van der Waals surface area contributed by atoms with Crippen LogP contribution in [0.5, 0.6) is 0 Å². The molecule has 0 spiro atoms. The second-order valence-electron chi connectivity index (χ2n) is 7.42. The number of aryl methyl sites for hydroxylation is 1. The maximum Gasteiger partial charge on any atom is 0.329 e. The van der Waals surface area contributed by atoms with Crippen LogP contribution in [0, 0.1) is 6.92 Å². The molecule has 2 N–H and O–H groups in total. The van der Waals surface area contributed by atoms with Crippen LogP contribution in [0.15, 0.2) is 59.0 Å². The van der Waals surface area contributed by atoms with Crippen molar-refractivity contribution in [1.29, 1.82) is 0 Å². The molecule has 1 aromatic heterocycles. The lowest BCUT2D eigenvalue weighted by Crippen LogP contribution is -2.30. The van der Waals surface area contributed by atoms with Crippen LogP contribution in [0.4, 0.5) is 4.79 Å². The zero-order valence-corrected chi connectivity index (χ0v) is 18.3. The van der Waals surface area contributed by atoms with Gasteiger partial charge in [-0.3, -0.25) is 19.6 Å². The molecular formula is C23H21ClN4O4. The van der Waals surface area contributed by atoms with Crippen molar-refractivity contribution in [1.82, 2.24) is 20.0 Å². The third kappa shape index (κ3) is 4.23. The van der Waals surface area contributed by atoms with E-state index >= 15 is 0 Å². The molecule has 0 aliphatic carbocycles. The monoisotopic (exact) mass is 452 g/mol. The molecule has 3 amide bonds. The number of rotatable bonds is 6. The summed E-state index contributed by atoms with van der Waals surface area (Å²) in [4.78, 5) is 39.6. The van der Waals surface area contributed by atoms with E-state index < -0.39 is 11.9 Å². The van der Waals surface area contributed by atoms with Crippen LogP contribution >= 0.6 is 11.6 Å². The van der Waals surface area contributed by atoms with E-state index in [9.17, 15) is 14.4 Å². The van der Waals surface area contributed by atoms with Crippen LogP contribution in [-0.2, 0) is 22.7 Å². The first-order valence-corrected chi connectivity index (χ1v) is 10.2. The summed E-state index contributed by atoms with van der Waals surface area (Å²) in [7, 11) is 1.50. The topological polar surface area (TPSA) is 96.4 Å². The predicted molar refractivity (Wildman–Crippen MR) is 120 cm³/mol. The molecule has 32 heavy (non-hydrogen) atoms. The van der Waals surface area contributed by atoms with Crippen molar-refractivity contribution < 1.29 is 14.3 Å². The largest absolute Gasteiger partial charge is 0.378 e. The normalized spacial score (nSPS) is 15.0. The van der Waals surface area contributed by atoms with Crippen molar-refractivity contribution in [2.75, 3.05) is 7.11 Å². The third-order valence-electron chi connectivity index (χ3n) is 5.05. The van der Waals surface area contributed by atoms with E-state index in [2.05, 4.69) is 10.4 Å². The first kappa shape index (κ1) is 21.6. The van der Waals surface area contributed by atoms with E-state index in [0.717, 1.165) is 16.0 Å². The van der Waals surface area contributed by atoms with E-state index in [-0.39, 0.29) is 30.0 Å². The summed E-state index contributed by atoms with van der Waals surface area (Å²) >= 11 is 5.94. The Kier molecular flexibility index (Phi) is 5.98. The number of amides is 3. The fourth-order valence-electron chi connectivity index (χ4n) is 3.52. The molecule has 1 aliphatic rings. The Labute approximate surface area is 189 Å².